The van der Waals surface area contributed by atoms with E-state index in [2.05, 4.69) is 51.7 Å². The third-order valence-electron chi connectivity index (χ3n) is 6.40. The number of carbonyl (C=O) groups excluding carboxylic acids is 1. The Kier molecular flexibility index (Phi) is 7.04. The minimum Gasteiger partial charge on any atom is -0.369 e. The molecule has 1 heterocycles. The quantitative estimate of drug-likeness (QED) is 0.590. The van der Waals surface area contributed by atoms with Gasteiger partial charge in [-0.2, -0.15) is 0 Å². The zero-order valence-corrected chi connectivity index (χ0v) is 18.5. The highest BCUT2D eigenvalue weighted by molar-refractivity contribution is 5.85. The Hall–Kier alpha value is -2.24. The molecule has 1 aliphatic carbocycles. The third-order valence-corrected chi connectivity index (χ3v) is 6.40. The Morgan fingerprint density at radius 2 is 1.90 bits per heavy atom. The second-order valence-corrected chi connectivity index (χ2v) is 8.88. The summed E-state index contributed by atoms with van der Waals surface area (Å²) in [6, 6.07) is 9.12. The maximum Gasteiger partial charge on any atom is 0.230 e. The van der Waals surface area contributed by atoms with E-state index in [0.717, 1.165) is 57.6 Å². The molecule has 1 saturated carbocycles. The summed E-state index contributed by atoms with van der Waals surface area (Å²) in [5, 5.41) is 7.07. The molecule has 0 bridgehead atoms. The molecule has 1 amide bonds. The van der Waals surface area contributed by atoms with E-state index in [1.54, 1.807) is 4.90 Å². The van der Waals surface area contributed by atoms with Gasteiger partial charge >= 0.3 is 0 Å². The van der Waals surface area contributed by atoms with E-state index in [-0.39, 0.29) is 11.3 Å². The van der Waals surface area contributed by atoms with Crippen LogP contribution in [-0.4, -0.2) is 63.6 Å². The fourth-order valence-corrected chi connectivity index (χ4v) is 4.72. The first-order chi connectivity index (χ1) is 13.9. The molecule has 6 heteroatoms. The molecule has 29 heavy (non-hydrogen) atoms. The van der Waals surface area contributed by atoms with Crippen LogP contribution in [-0.2, 0) is 4.79 Å². The van der Waals surface area contributed by atoms with Crippen molar-refractivity contribution in [3.63, 3.8) is 0 Å². The van der Waals surface area contributed by atoms with Crippen molar-refractivity contribution in [2.45, 2.75) is 51.5 Å². The molecule has 1 aliphatic heterocycles. The van der Waals surface area contributed by atoms with Crippen LogP contribution in [0.3, 0.4) is 0 Å². The Labute approximate surface area is 175 Å². The van der Waals surface area contributed by atoms with Gasteiger partial charge < -0.3 is 20.4 Å². The summed E-state index contributed by atoms with van der Waals surface area (Å²) >= 11 is 0. The predicted octanol–water partition coefficient (Wildman–Crippen LogP) is 2.78. The highest BCUT2D eigenvalue weighted by atomic mass is 16.2. The van der Waals surface area contributed by atoms with Crippen molar-refractivity contribution in [2.24, 2.45) is 10.4 Å². The number of benzene rings is 1. The fraction of sp³-hybridized carbons (Fsp3) is 0.652. The number of hydrogen-bond donors (Lipinski definition) is 2. The molecular formula is C23H37N5O. The van der Waals surface area contributed by atoms with Crippen molar-refractivity contribution >= 4 is 17.6 Å². The molecule has 6 nitrogen and oxygen atoms in total. The third kappa shape index (κ3) is 5.22. The number of hydrogen-bond acceptors (Lipinski definition) is 3. The van der Waals surface area contributed by atoms with Crippen molar-refractivity contribution < 1.29 is 4.79 Å². The maximum absolute atomic E-state index is 12.8. The second kappa shape index (κ2) is 9.51. The van der Waals surface area contributed by atoms with Crippen molar-refractivity contribution in [1.82, 2.24) is 15.5 Å². The SMILES string of the molecule is CN=C(NCC1(C(=O)N(C)C)CCCC1)NC1CCCN(c2ccc(C)cc2)C1. The van der Waals surface area contributed by atoms with Gasteiger partial charge in [0.15, 0.2) is 5.96 Å². The van der Waals surface area contributed by atoms with Crippen LogP contribution >= 0.6 is 0 Å². The molecule has 2 N–H and O–H groups in total. The molecular weight excluding hydrogens is 362 g/mol. The summed E-state index contributed by atoms with van der Waals surface area (Å²) in [6.45, 7) is 4.83. The van der Waals surface area contributed by atoms with Crippen molar-refractivity contribution in [1.29, 1.82) is 0 Å². The molecule has 3 rings (SSSR count). The Bertz CT molecular complexity index is 706. The van der Waals surface area contributed by atoms with Crippen molar-refractivity contribution in [3.8, 4) is 0 Å². The number of nitrogens with one attached hydrogen (secondary N) is 2. The average Bonchev–Trinajstić information content (AvgIpc) is 3.21. The van der Waals surface area contributed by atoms with Gasteiger partial charge in [-0.3, -0.25) is 9.79 Å². The highest BCUT2D eigenvalue weighted by Crippen LogP contribution is 2.38. The number of piperidine rings is 1. The van der Waals surface area contributed by atoms with Crippen LogP contribution in [0.15, 0.2) is 29.3 Å². The van der Waals surface area contributed by atoms with Crippen molar-refractivity contribution in [3.05, 3.63) is 29.8 Å². The first-order valence-corrected chi connectivity index (χ1v) is 10.9. The van der Waals surface area contributed by atoms with Crippen LogP contribution in [0.4, 0.5) is 5.69 Å². The van der Waals surface area contributed by atoms with Gasteiger partial charge in [0.05, 0.1) is 5.41 Å². The van der Waals surface area contributed by atoms with E-state index in [1.165, 1.54) is 11.3 Å². The lowest BCUT2D eigenvalue weighted by molar-refractivity contribution is -0.138. The number of aryl methyl sites for hydroxylation is 1. The summed E-state index contributed by atoms with van der Waals surface area (Å²) in [5.74, 6) is 1.04. The first kappa shape index (κ1) is 21.5. The zero-order valence-electron chi connectivity index (χ0n) is 18.5. The fourth-order valence-electron chi connectivity index (χ4n) is 4.72. The van der Waals surface area contributed by atoms with E-state index in [0.29, 0.717) is 12.6 Å². The highest BCUT2D eigenvalue weighted by Gasteiger charge is 2.42. The lowest BCUT2D eigenvalue weighted by Gasteiger charge is -2.36. The minimum atomic E-state index is -0.290. The smallest absolute Gasteiger partial charge is 0.230 e. The van der Waals surface area contributed by atoms with Crippen LogP contribution in [0.2, 0.25) is 0 Å². The Morgan fingerprint density at radius 3 is 2.52 bits per heavy atom. The van der Waals surface area contributed by atoms with Crippen LogP contribution < -0.4 is 15.5 Å². The number of amides is 1. The largest absolute Gasteiger partial charge is 0.369 e. The van der Waals surface area contributed by atoms with Gasteiger partial charge in [-0.25, -0.2) is 0 Å². The molecule has 1 aromatic carbocycles. The summed E-state index contributed by atoms with van der Waals surface area (Å²) in [6.07, 6.45) is 6.45. The van der Waals surface area contributed by atoms with Gasteiger partial charge in [-0.15, -0.1) is 0 Å². The molecule has 160 valence electrons. The molecule has 0 spiro atoms. The molecule has 1 atom stereocenters. The number of carbonyl (C=O) groups is 1. The van der Waals surface area contributed by atoms with E-state index < -0.39 is 0 Å². The number of rotatable bonds is 5. The Balaban J connectivity index is 1.58. The summed E-state index contributed by atoms with van der Waals surface area (Å²) in [4.78, 5) is 21.4. The van der Waals surface area contributed by atoms with E-state index in [4.69, 9.17) is 0 Å². The summed E-state index contributed by atoms with van der Waals surface area (Å²) < 4.78 is 0. The normalized spacial score (nSPS) is 21.7. The Morgan fingerprint density at radius 1 is 1.21 bits per heavy atom. The lowest BCUT2D eigenvalue weighted by Crippen LogP contribution is -2.54. The minimum absolute atomic E-state index is 0.237. The number of nitrogens with zero attached hydrogens (tertiary/aromatic N) is 3. The standard InChI is InChI=1S/C23H37N5O/c1-18-9-11-20(12-10-18)28-15-7-8-19(16-28)26-22(24-2)25-17-23(13-5-6-14-23)21(29)27(3)4/h9-12,19H,5-8,13-17H2,1-4H3,(H2,24,25,26). The average molecular weight is 400 g/mol. The van der Waals surface area contributed by atoms with E-state index in [1.807, 2.05) is 21.1 Å². The van der Waals surface area contributed by atoms with Gasteiger partial charge in [0.1, 0.15) is 0 Å². The van der Waals surface area contributed by atoms with Crippen molar-refractivity contribution in [2.75, 3.05) is 45.7 Å². The summed E-state index contributed by atoms with van der Waals surface area (Å²) in [5.41, 5.74) is 2.28. The lowest BCUT2D eigenvalue weighted by atomic mass is 9.84. The first-order valence-electron chi connectivity index (χ1n) is 10.9. The molecule has 2 aliphatic rings. The molecule has 1 saturated heterocycles. The van der Waals surface area contributed by atoms with Gasteiger partial charge in [-0.1, -0.05) is 30.5 Å². The van der Waals surface area contributed by atoms with Crippen LogP contribution in [0, 0.1) is 12.3 Å². The van der Waals surface area contributed by atoms with Gasteiger partial charge in [0.2, 0.25) is 5.91 Å². The maximum atomic E-state index is 12.8. The van der Waals surface area contributed by atoms with Crippen LogP contribution in [0.1, 0.15) is 44.1 Å². The zero-order chi connectivity index (χ0) is 20.9. The number of guanidine groups is 1. The van der Waals surface area contributed by atoms with Gasteiger partial charge in [-0.05, 0) is 44.7 Å². The van der Waals surface area contributed by atoms with Crippen LogP contribution in [0.25, 0.3) is 0 Å². The second-order valence-electron chi connectivity index (χ2n) is 8.88. The molecule has 0 radical (unpaired) electrons. The van der Waals surface area contributed by atoms with E-state index >= 15 is 0 Å². The van der Waals surface area contributed by atoms with Gasteiger partial charge in [0.25, 0.3) is 0 Å². The monoisotopic (exact) mass is 399 g/mol. The van der Waals surface area contributed by atoms with E-state index in [9.17, 15) is 4.79 Å². The molecule has 1 aromatic rings. The predicted molar refractivity (Wildman–Crippen MR) is 121 cm³/mol. The van der Waals surface area contributed by atoms with Crippen LogP contribution in [0.5, 0.6) is 0 Å². The molecule has 1 unspecified atom stereocenters. The molecule has 0 aromatic heterocycles. The number of anilines is 1. The topological polar surface area (TPSA) is 60.0 Å². The number of aliphatic imine (C=N–C) groups is 1. The van der Waals surface area contributed by atoms with Gasteiger partial charge in [0, 0.05) is 52.5 Å². The molecule has 2 fully saturated rings. The summed E-state index contributed by atoms with van der Waals surface area (Å²) in [7, 11) is 5.53.